The molecule has 0 bridgehead atoms. The predicted molar refractivity (Wildman–Crippen MR) is 126 cm³/mol. The molecular formula is C25H29N3O2S. The van der Waals surface area contributed by atoms with Crippen LogP contribution in [-0.2, 0) is 17.8 Å². The van der Waals surface area contributed by atoms with Crippen molar-refractivity contribution in [3.8, 4) is 0 Å². The van der Waals surface area contributed by atoms with Gasteiger partial charge in [-0.3, -0.25) is 14.5 Å². The molecule has 1 aliphatic heterocycles. The number of hydrogen-bond donors (Lipinski definition) is 1. The number of nitrogens with one attached hydrogen (secondary N) is 1. The number of rotatable bonds is 4. The zero-order valence-electron chi connectivity index (χ0n) is 18.2. The summed E-state index contributed by atoms with van der Waals surface area (Å²) in [7, 11) is 0. The molecule has 0 radical (unpaired) electrons. The van der Waals surface area contributed by atoms with Gasteiger partial charge in [-0.05, 0) is 61.4 Å². The van der Waals surface area contributed by atoms with Gasteiger partial charge in [0.2, 0.25) is 5.91 Å². The third-order valence-corrected chi connectivity index (χ3v) is 7.79. The van der Waals surface area contributed by atoms with Gasteiger partial charge in [0.1, 0.15) is 11.2 Å². The van der Waals surface area contributed by atoms with Crippen molar-refractivity contribution in [1.82, 2.24) is 9.88 Å². The van der Waals surface area contributed by atoms with Crippen molar-refractivity contribution in [2.45, 2.75) is 70.5 Å². The molecule has 2 aromatic heterocycles. The molecule has 31 heavy (non-hydrogen) atoms. The number of aromatic nitrogens is 1. The predicted octanol–water partition coefficient (Wildman–Crippen LogP) is 5.13. The smallest absolute Gasteiger partial charge is 0.275 e. The number of aryl methyl sites for hydroxylation is 1. The molecule has 1 fully saturated rings. The Balaban J connectivity index is 1.58. The van der Waals surface area contributed by atoms with Crippen LogP contribution in [0.15, 0.2) is 41.8 Å². The highest BCUT2D eigenvalue weighted by Crippen LogP contribution is 2.37. The van der Waals surface area contributed by atoms with Gasteiger partial charge in [0.05, 0.1) is 16.8 Å². The van der Waals surface area contributed by atoms with Crippen LogP contribution < -0.4 is 10.2 Å². The number of fused-ring (bicyclic) bond motifs is 3. The van der Waals surface area contributed by atoms with E-state index in [9.17, 15) is 9.59 Å². The Labute approximate surface area is 187 Å². The molecule has 1 atom stereocenters. The minimum Gasteiger partial charge on any atom is -0.351 e. The lowest BCUT2D eigenvalue weighted by atomic mass is 9.91. The summed E-state index contributed by atoms with van der Waals surface area (Å²) in [5, 5.41) is 5.33. The number of nitrogens with zero attached hydrogens (tertiary/aromatic N) is 2. The highest BCUT2D eigenvalue weighted by Gasteiger charge is 2.49. The van der Waals surface area contributed by atoms with Crippen LogP contribution >= 0.6 is 11.3 Å². The van der Waals surface area contributed by atoms with Crippen molar-refractivity contribution >= 4 is 39.1 Å². The summed E-state index contributed by atoms with van der Waals surface area (Å²) in [4.78, 5) is 29.2. The summed E-state index contributed by atoms with van der Waals surface area (Å²) in [6.45, 7) is 4.47. The first-order valence-corrected chi connectivity index (χ1v) is 12.2. The molecule has 0 unspecified atom stereocenters. The molecule has 5 nitrogen and oxygen atoms in total. The zero-order valence-corrected chi connectivity index (χ0v) is 19.0. The second-order valence-corrected chi connectivity index (χ2v) is 9.98. The molecule has 1 aliphatic carbocycles. The van der Waals surface area contributed by atoms with E-state index in [-0.39, 0.29) is 17.9 Å². The van der Waals surface area contributed by atoms with Gasteiger partial charge in [0, 0.05) is 11.7 Å². The standard InChI is InChI=1S/C25H29N3O2S/c1-3-17-9-11-19(12-10-17)28-23(29)21-15-22-20(13-14-31-22)27(21)16-25(28,2)24(30)26-18-7-5-4-6-8-18/h9-15,18H,3-8,16H2,1-2H3,(H,26,30)/t25-/m1/s1. The Kier molecular flexibility index (Phi) is 5.13. The maximum absolute atomic E-state index is 13.8. The maximum Gasteiger partial charge on any atom is 0.275 e. The van der Waals surface area contributed by atoms with Gasteiger partial charge >= 0.3 is 0 Å². The number of carbonyl (C=O) groups is 2. The lowest BCUT2D eigenvalue weighted by Gasteiger charge is -2.44. The Hall–Kier alpha value is -2.60. The van der Waals surface area contributed by atoms with Crippen LogP contribution in [0.1, 0.15) is 62.0 Å². The average Bonchev–Trinajstić information content (AvgIpc) is 3.37. The summed E-state index contributed by atoms with van der Waals surface area (Å²) < 4.78 is 3.12. The van der Waals surface area contributed by atoms with Gasteiger partial charge in [-0.15, -0.1) is 11.3 Å². The number of benzene rings is 1. The third-order valence-electron chi connectivity index (χ3n) is 6.94. The van der Waals surface area contributed by atoms with Crippen molar-refractivity contribution in [3.05, 3.63) is 53.0 Å². The monoisotopic (exact) mass is 435 g/mol. The highest BCUT2D eigenvalue weighted by atomic mass is 32.1. The van der Waals surface area contributed by atoms with Gasteiger partial charge in [-0.2, -0.15) is 0 Å². The molecule has 3 aromatic rings. The first-order chi connectivity index (χ1) is 15.0. The van der Waals surface area contributed by atoms with Crippen molar-refractivity contribution in [1.29, 1.82) is 0 Å². The maximum atomic E-state index is 13.8. The molecule has 0 spiro atoms. The Morgan fingerprint density at radius 1 is 1.16 bits per heavy atom. The van der Waals surface area contributed by atoms with E-state index in [0.717, 1.165) is 48.0 Å². The molecule has 2 aliphatic rings. The Morgan fingerprint density at radius 2 is 1.90 bits per heavy atom. The number of anilines is 1. The van der Waals surface area contributed by atoms with Crippen LogP contribution in [0.3, 0.4) is 0 Å². The molecular weight excluding hydrogens is 406 g/mol. The van der Waals surface area contributed by atoms with Gasteiger partial charge in [-0.1, -0.05) is 38.3 Å². The number of amides is 2. The molecule has 1 saturated carbocycles. The SMILES string of the molecule is CCc1ccc(N2C(=O)c3cc4sccc4n3C[C@]2(C)C(=O)NC2CCCCC2)cc1. The van der Waals surface area contributed by atoms with E-state index < -0.39 is 5.54 Å². The van der Waals surface area contributed by atoms with Crippen LogP contribution in [0.25, 0.3) is 10.2 Å². The lowest BCUT2D eigenvalue weighted by molar-refractivity contribution is -0.127. The van der Waals surface area contributed by atoms with E-state index in [1.165, 1.54) is 12.0 Å². The quantitative estimate of drug-likeness (QED) is 0.617. The van der Waals surface area contributed by atoms with Gasteiger partial charge in [0.15, 0.2) is 0 Å². The van der Waals surface area contributed by atoms with Gasteiger partial charge in [0.25, 0.3) is 5.91 Å². The second kappa shape index (κ2) is 7.83. The van der Waals surface area contributed by atoms with Crippen LogP contribution in [0.5, 0.6) is 0 Å². The average molecular weight is 436 g/mol. The molecule has 162 valence electrons. The molecule has 0 saturated heterocycles. The fourth-order valence-corrected chi connectivity index (χ4v) is 5.91. The summed E-state index contributed by atoms with van der Waals surface area (Å²) in [6.07, 6.45) is 6.52. The molecule has 3 heterocycles. The normalized spacial score (nSPS) is 22.0. The van der Waals surface area contributed by atoms with Crippen LogP contribution in [0.2, 0.25) is 0 Å². The summed E-state index contributed by atoms with van der Waals surface area (Å²) >= 11 is 1.63. The van der Waals surface area contributed by atoms with E-state index in [1.54, 1.807) is 16.2 Å². The van der Waals surface area contributed by atoms with Gasteiger partial charge < -0.3 is 9.88 Å². The summed E-state index contributed by atoms with van der Waals surface area (Å²) in [6, 6.07) is 12.3. The van der Waals surface area contributed by atoms with E-state index in [4.69, 9.17) is 0 Å². The van der Waals surface area contributed by atoms with E-state index in [2.05, 4.69) is 12.2 Å². The van der Waals surface area contributed by atoms with Gasteiger partial charge in [-0.25, -0.2) is 0 Å². The topological polar surface area (TPSA) is 54.3 Å². The highest BCUT2D eigenvalue weighted by molar-refractivity contribution is 7.17. The Morgan fingerprint density at radius 3 is 2.61 bits per heavy atom. The minimum atomic E-state index is -0.997. The number of hydrogen-bond acceptors (Lipinski definition) is 3. The zero-order chi connectivity index (χ0) is 21.6. The molecule has 5 rings (SSSR count). The largest absolute Gasteiger partial charge is 0.351 e. The van der Waals surface area contributed by atoms with Crippen molar-refractivity contribution in [2.24, 2.45) is 0 Å². The van der Waals surface area contributed by atoms with Crippen molar-refractivity contribution in [2.75, 3.05) is 4.90 Å². The molecule has 1 aromatic carbocycles. The Bertz CT molecular complexity index is 1120. The van der Waals surface area contributed by atoms with E-state index >= 15 is 0 Å². The fourth-order valence-electron chi connectivity index (χ4n) is 5.09. The van der Waals surface area contributed by atoms with Crippen molar-refractivity contribution < 1.29 is 9.59 Å². The summed E-state index contributed by atoms with van der Waals surface area (Å²) in [5.41, 5.74) is 2.68. The summed E-state index contributed by atoms with van der Waals surface area (Å²) in [5.74, 6) is -0.171. The first kappa shape index (κ1) is 20.3. The molecule has 6 heteroatoms. The van der Waals surface area contributed by atoms with Crippen LogP contribution in [0.4, 0.5) is 5.69 Å². The van der Waals surface area contributed by atoms with E-state index in [1.807, 2.05) is 53.3 Å². The first-order valence-electron chi connectivity index (χ1n) is 11.3. The minimum absolute atomic E-state index is 0.0601. The molecule has 2 amide bonds. The van der Waals surface area contributed by atoms with Crippen molar-refractivity contribution in [3.63, 3.8) is 0 Å². The fraction of sp³-hybridized carbons (Fsp3) is 0.440. The number of carbonyl (C=O) groups excluding carboxylic acids is 2. The van der Waals surface area contributed by atoms with Crippen LogP contribution in [0, 0.1) is 0 Å². The molecule has 1 N–H and O–H groups in total. The third kappa shape index (κ3) is 3.37. The second-order valence-electron chi connectivity index (χ2n) is 9.03. The lowest BCUT2D eigenvalue weighted by Crippen LogP contribution is -2.65. The number of thiophene rings is 1. The van der Waals surface area contributed by atoms with E-state index in [0.29, 0.717) is 12.2 Å². The van der Waals surface area contributed by atoms with Crippen LogP contribution in [-0.4, -0.2) is 28.0 Å².